The maximum absolute atomic E-state index is 11.0. The summed E-state index contributed by atoms with van der Waals surface area (Å²) < 4.78 is 5.33. The van der Waals surface area contributed by atoms with Gasteiger partial charge >= 0.3 is 5.97 Å². The summed E-state index contributed by atoms with van der Waals surface area (Å²) in [5, 5.41) is 28.3. The number of nitrogens with one attached hydrogen (secondary N) is 1. The fourth-order valence-electron chi connectivity index (χ4n) is 1.84. The largest absolute Gasteiger partial charge is 0.480 e. The molecule has 3 rings (SSSR count). The lowest BCUT2D eigenvalue weighted by Gasteiger charge is -2.06. The smallest absolute Gasteiger partial charge is 0.320 e. The summed E-state index contributed by atoms with van der Waals surface area (Å²) in [6.45, 7) is 0. The van der Waals surface area contributed by atoms with E-state index < -0.39 is 12.0 Å². The molecule has 3 heterocycles. The molecule has 4 N–H and O–H groups in total. The summed E-state index contributed by atoms with van der Waals surface area (Å²) in [5.74, 6) is -0.400. The molecule has 0 saturated carbocycles. The number of aromatic amines is 1. The second-order valence-electron chi connectivity index (χ2n) is 4.20. The van der Waals surface area contributed by atoms with Gasteiger partial charge in [0.05, 0.1) is 4.88 Å². The number of carboxylic acid groups (broad SMARTS) is 1. The first-order chi connectivity index (χ1) is 10.2. The molecule has 0 radical (unpaired) electrons. The summed E-state index contributed by atoms with van der Waals surface area (Å²) in [6.07, 6.45) is 0.0515. The molecule has 0 aliphatic carbocycles. The Morgan fingerprint density at radius 2 is 2.43 bits per heavy atom. The van der Waals surface area contributed by atoms with Crippen molar-refractivity contribution in [2.75, 3.05) is 0 Å². The fourth-order valence-corrected chi connectivity index (χ4v) is 2.57. The van der Waals surface area contributed by atoms with Crippen molar-refractivity contribution in [3.8, 4) is 22.2 Å². The third kappa shape index (κ3) is 2.53. The van der Waals surface area contributed by atoms with Crippen LogP contribution in [0.3, 0.4) is 0 Å². The first-order valence-electron chi connectivity index (χ1n) is 5.91. The highest BCUT2D eigenvalue weighted by atomic mass is 32.1. The van der Waals surface area contributed by atoms with Crippen LogP contribution in [-0.2, 0) is 11.2 Å². The summed E-state index contributed by atoms with van der Waals surface area (Å²) >= 11 is 1.45. The van der Waals surface area contributed by atoms with Gasteiger partial charge in [-0.25, -0.2) is 0 Å². The molecule has 0 bridgehead atoms. The molecule has 0 aromatic carbocycles. The molecule has 21 heavy (non-hydrogen) atoms. The molecule has 3 aromatic heterocycles. The lowest BCUT2D eigenvalue weighted by Crippen LogP contribution is -2.32. The zero-order valence-corrected chi connectivity index (χ0v) is 11.4. The molecule has 0 fully saturated rings. The van der Waals surface area contributed by atoms with Crippen LogP contribution in [-0.4, -0.2) is 42.9 Å². The number of tetrazole rings is 1. The second kappa shape index (κ2) is 5.42. The van der Waals surface area contributed by atoms with Crippen molar-refractivity contribution in [3.63, 3.8) is 0 Å². The fraction of sp³-hybridized carbons (Fsp3) is 0.182. The molecule has 10 heteroatoms. The van der Waals surface area contributed by atoms with E-state index in [-0.39, 0.29) is 12.2 Å². The quantitative estimate of drug-likeness (QED) is 0.619. The van der Waals surface area contributed by atoms with Gasteiger partial charge in [0, 0.05) is 12.0 Å². The Hall–Kier alpha value is -2.59. The Morgan fingerprint density at radius 3 is 3.05 bits per heavy atom. The van der Waals surface area contributed by atoms with E-state index in [9.17, 15) is 4.79 Å². The van der Waals surface area contributed by atoms with Crippen molar-refractivity contribution in [2.45, 2.75) is 12.5 Å². The van der Waals surface area contributed by atoms with Crippen LogP contribution in [0.15, 0.2) is 22.0 Å². The van der Waals surface area contributed by atoms with E-state index in [0.717, 1.165) is 4.88 Å². The van der Waals surface area contributed by atoms with E-state index in [1.54, 1.807) is 0 Å². The van der Waals surface area contributed by atoms with Gasteiger partial charge in [0.15, 0.2) is 11.5 Å². The maximum atomic E-state index is 11.0. The van der Waals surface area contributed by atoms with Gasteiger partial charge in [0.2, 0.25) is 5.82 Å². The van der Waals surface area contributed by atoms with E-state index >= 15 is 0 Å². The van der Waals surface area contributed by atoms with Crippen LogP contribution in [0.25, 0.3) is 22.2 Å². The summed E-state index contributed by atoms with van der Waals surface area (Å²) in [4.78, 5) is 11.8. The first-order valence-corrected chi connectivity index (χ1v) is 6.79. The molecule has 1 unspecified atom stereocenters. The molecule has 108 valence electrons. The molecule has 0 aliphatic rings. The molecular formula is C11H10N6O3S. The Bertz CT molecular complexity index is 684. The average molecular weight is 306 g/mol. The Kier molecular flexibility index (Phi) is 3.46. The second-order valence-corrected chi connectivity index (χ2v) is 5.15. The number of aromatic nitrogens is 5. The number of nitrogens with zero attached hydrogens (tertiary/aromatic N) is 4. The van der Waals surface area contributed by atoms with Crippen LogP contribution in [0.5, 0.6) is 0 Å². The molecule has 3 aromatic rings. The predicted octanol–water partition coefficient (Wildman–Crippen LogP) is 0.538. The number of hydrogen-bond acceptors (Lipinski definition) is 8. The Morgan fingerprint density at radius 1 is 1.57 bits per heavy atom. The van der Waals surface area contributed by atoms with Gasteiger partial charge in [0.1, 0.15) is 6.04 Å². The van der Waals surface area contributed by atoms with Crippen LogP contribution in [0.2, 0.25) is 0 Å². The lowest BCUT2D eigenvalue weighted by atomic mass is 10.0. The summed E-state index contributed by atoms with van der Waals surface area (Å²) in [7, 11) is 0. The van der Waals surface area contributed by atoms with Crippen LogP contribution in [0, 0.1) is 0 Å². The number of nitrogens with two attached hydrogens (primary N) is 1. The van der Waals surface area contributed by atoms with E-state index in [4.69, 9.17) is 15.4 Å². The highest BCUT2D eigenvalue weighted by molar-refractivity contribution is 7.13. The van der Waals surface area contributed by atoms with Crippen LogP contribution >= 0.6 is 11.3 Å². The number of rotatable bonds is 5. The van der Waals surface area contributed by atoms with E-state index in [0.29, 0.717) is 17.0 Å². The zero-order valence-electron chi connectivity index (χ0n) is 10.6. The minimum Gasteiger partial charge on any atom is -0.480 e. The predicted molar refractivity (Wildman–Crippen MR) is 72.3 cm³/mol. The third-order valence-electron chi connectivity index (χ3n) is 2.83. The van der Waals surface area contributed by atoms with Crippen molar-refractivity contribution in [1.29, 1.82) is 0 Å². The Labute approximate surface area is 121 Å². The lowest BCUT2D eigenvalue weighted by molar-refractivity contribution is -0.138. The first kappa shape index (κ1) is 13.4. The molecule has 0 amide bonds. The maximum Gasteiger partial charge on any atom is 0.320 e. The molecule has 1 atom stereocenters. The summed E-state index contributed by atoms with van der Waals surface area (Å²) in [5.41, 5.74) is 6.51. The van der Waals surface area contributed by atoms with Crippen LogP contribution in [0.4, 0.5) is 0 Å². The molecule has 9 nitrogen and oxygen atoms in total. The van der Waals surface area contributed by atoms with E-state index in [1.807, 2.05) is 17.5 Å². The van der Waals surface area contributed by atoms with Crippen molar-refractivity contribution in [3.05, 3.63) is 23.1 Å². The zero-order chi connectivity index (χ0) is 14.8. The highest BCUT2D eigenvalue weighted by Gasteiger charge is 2.26. The molecular weight excluding hydrogens is 296 g/mol. The number of carboxylic acids is 1. The van der Waals surface area contributed by atoms with E-state index in [1.165, 1.54) is 11.3 Å². The van der Waals surface area contributed by atoms with E-state index in [2.05, 4.69) is 25.8 Å². The minimum absolute atomic E-state index is 0.0515. The SMILES string of the molecule is NC(Cc1c(-c2nn[nH]n2)noc1-c1cccs1)C(=O)O. The molecule has 0 spiro atoms. The van der Waals surface area contributed by atoms with Gasteiger partial charge in [-0.2, -0.15) is 5.21 Å². The van der Waals surface area contributed by atoms with Gasteiger partial charge in [-0.15, -0.1) is 21.5 Å². The third-order valence-corrected chi connectivity index (χ3v) is 3.70. The normalized spacial score (nSPS) is 12.4. The van der Waals surface area contributed by atoms with Gasteiger partial charge in [-0.3, -0.25) is 4.79 Å². The number of H-pyrrole nitrogens is 1. The number of aliphatic carboxylic acids is 1. The minimum atomic E-state index is -1.10. The van der Waals surface area contributed by atoms with Gasteiger partial charge in [0.25, 0.3) is 0 Å². The standard InChI is InChI=1S/C11H10N6O3S/c12-6(11(18)19)4-5-8(10-13-16-17-14-10)15-20-9(5)7-2-1-3-21-7/h1-3,6H,4,12H2,(H,18,19)(H,13,14,16,17). The monoisotopic (exact) mass is 306 g/mol. The van der Waals surface area contributed by atoms with Crippen LogP contribution < -0.4 is 5.73 Å². The number of thiophene rings is 1. The molecule has 0 saturated heterocycles. The average Bonchev–Trinajstić information content (AvgIpc) is 3.19. The number of hydrogen-bond donors (Lipinski definition) is 3. The highest BCUT2D eigenvalue weighted by Crippen LogP contribution is 2.33. The van der Waals surface area contributed by atoms with Crippen molar-refractivity contribution < 1.29 is 14.4 Å². The van der Waals surface area contributed by atoms with Crippen molar-refractivity contribution >= 4 is 17.3 Å². The Balaban J connectivity index is 2.07. The van der Waals surface area contributed by atoms with Gasteiger partial charge < -0.3 is 15.4 Å². The topological polar surface area (TPSA) is 144 Å². The van der Waals surface area contributed by atoms with Gasteiger partial charge in [-0.1, -0.05) is 11.2 Å². The van der Waals surface area contributed by atoms with Crippen molar-refractivity contribution in [1.82, 2.24) is 25.8 Å². The van der Waals surface area contributed by atoms with Gasteiger partial charge in [-0.05, 0) is 16.7 Å². The van der Waals surface area contributed by atoms with Crippen LogP contribution in [0.1, 0.15) is 5.56 Å². The number of carbonyl (C=O) groups is 1. The summed E-state index contributed by atoms with van der Waals surface area (Å²) in [6, 6.07) is 2.63. The molecule has 0 aliphatic heterocycles. The van der Waals surface area contributed by atoms with Crippen molar-refractivity contribution in [2.24, 2.45) is 5.73 Å².